The zero-order valence-corrected chi connectivity index (χ0v) is 13.2. The van der Waals surface area contributed by atoms with Crippen molar-refractivity contribution >= 4 is 27.2 Å². The molecule has 0 atom stereocenters. The summed E-state index contributed by atoms with van der Waals surface area (Å²) in [6, 6.07) is 6.40. The van der Waals surface area contributed by atoms with Crippen LogP contribution in [0, 0.1) is 13.8 Å². The lowest BCUT2D eigenvalue weighted by molar-refractivity contribution is 0.390. The average Bonchev–Trinajstić information content (AvgIpc) is 2.82. The zero-order valence-electron chi connectivity index (χ0n) is 11.6. The van der Waals surface area contributed by atoms with Gasteiger partial charge in [0, 0.05) is 11.6 Å². The Morgan fingerprint density at radius 1 is 1.38 bits per heavy atom. The van der Waals surface area contributed by atoms with E-state index in [2.05, 4.69) is 9.88 Å². The predicted octanol–water partition coefficient (Wildman–Crippen LogP) is 1.40. The number of hydrogen-bond acceptors (Lipinski definition) is 5. The van der Waals surface area contributed by atoms with Gasteiger partial charge in [0.05, 0.1) is 17.1 Å². The van der Waals surface area contributed by atoms with E-state index in [1.165, 1.54) is 6.07 Å². The molecule has 0 radical (unpaired) electrons. The van der Waals surface area contributed by atoms with Gasteiger partial charge < -0.3 is 10.3 Å². The van der Waals surface area contributed by atoms with E-state index in [0.717, 1.165) is 0 Å². The second-order valence-corrected chi connectivity index (χ2v) is 6.77. The van der Waals surface area contributed by atoms with Crippen LogP contribution in [0.25, 0.3) is 0 Å². The molecule has 1 aromatic carbocycles. The van der Waals surface area contributed by atoms with Crippen LogP contribution in [0.3, 0.4) is 0 Å². The molecule has 0 aliphatic heterocycles. The summed E-state index contributed by atoms with van der Waals surface area (Å²) >= 11 is 4.87. The molecular weight excluding hydrogens is 310 g/mol. The summed E-state index contributed by atoms with van der Waals surface area (Å²) < 4.78 is 31.9. The molecule has 0 aliphatic rings. The van der Waals surface area contributed by atoms with Gasteiger partial charge in [-0.2, -0.15) is 0 Å². The molecule has 3 N–H and O–H groups in total. The maximum Gasteiger partial charge on any atom is 0.241 e. The predicted molar refractivity (Wildman–Crippen MR) is 82.3 cm³/mol. The van der Waals surface area contributed by atoms with E-state index >= 15 is 0 Å². The molecule has 0 spiro atoms. The van der Waals surface area contributed by atoms with Gasteiger partial charge in [0.1, 0.15) is 10.7 Å². The highest BCUT2D eigenvalue weighted by molar-refractivity contribution is 7.89. The summed E-state index contributed by atoms with van der Waals surface area (Å²) in [4.78, 5) is 0.413. The Hall–Kier alpha value is -1.77. The highest BCUT2D eigenvalue weighted by Crippen LogP contribution is 2.17. The van der Waals surface area contributed by atoms with Crippen molar-refractivity contribution < 1.29 is 12.9 Å². The van der Waals surface area contributed by atoms with Gasteiger partial charge in [-0.1, -0.05) is 23.4 Å². The third-order valence-corrected chi connectivity index (χ3v) is 4.67. The molecule has 6 nitrogen and oxygen atoms in total. The number of rotatable bonds is 5. The van der Waals surface area contributed by atoms with E-state index in [4.69, 9.17) is 22.5 Å². The number of nitrogens with one attached hydrogen (secondary N) is 1. The van der Waals surface area contributed by atoms with Gasteiger partial charge in [-0.05, 0) is 31.5 Å². The summed E-state index contributed by atoms with van der Waals surface area (Å²) in [6.45, 7) is 3.50. The monoisotopic (exact) mass is 325 g/mol. The molecule has 2 aromatic rings. The summed E-state index contributed by atoms with van der Waals surface area (Å²) in [5.41, 5.74) is 7.25. The molecule has 2 rings (SSSR count). The molecule has 0 amide bonds. The van der Waals surface area contributed by atoms with Crippen molar-refractivity contribution in [2.24, 2.45) is 5.73 Å². The lowest BCUT2D eigenvalue weighted by Crippen LogP contribution is -2.24. The van der Waals surface area contributed by atoms with E-state index in [1.807, 2.05) is 0 Å². The minimum atomic E-state index is -3.64. The van der Waals surface area contributed by atoms with Crippen molar-refractivity contribution in [2.75, 3.05) is 0 Å². The SMILES string of the molecule is Cc1cc(CNS(=O)(=O)c2ccc(C(N)=S)cc2C)no1. The number of aryl methyl sites for hydroxylation is 2. The van der Waals surface area contributed by atoms with E-state index in [9.17, 15) is 8.42 Å². The molecular formula is C13H15N3O3S2. The topological polar surface area (TPSA) is 98.2 Å². The first-order valence-electron chi connectivity index (χ1n) is 6.12. The van der Waals surface area contributed by atoms with Crippen molar-refractivity contribution in [1.82, 2.24) is 9.88 Å². The van der Waals surface area contributed by atoms with Crippen LogP contribution < -0.4 is 10.5 Å². The van der Waals surface area contributed by atoms with Crippen LogP contribution in [0.4, 0.5) is 0 Å². The van der Waals surface area contributed by atoms with Crippen LogP contribution in [-0.2, 0) is 16.6 Å². The van der Waals surface area contributed by atoms with Crippen LogP contribution in [0.1, 0.15) is 22.6 Å². The van der Waals surface area contributed by atoms with Gasteiger partial charge >= 0.3 is 0 Å². The standard InChI is InChI=1S/C13H15N3O3S2/c1-8-5-10(13(14)20)3-4-12(8)21(17,18)15-7-11-6-9(2)19-16-11/h3-6,15H,7H2,1-2H3,(H2,14,20). The Bertz CT molecular complexity index is 782. The van der Waals surface area contributed by atoms with Crippen molar-refractivity contribution in [3.63, 3.8) is 0 Å². The molecule has 0 saturated carbocycles. The molecule has 1 aromatic heterocycles. The van der Waals surface area contributed by atoms with E-state index in [0.29, 0.717) is 22.6 Å². The number of nitrogens with zero attached hydrogens (tertiary/aromatic N) is 1. The molecule has 8 heteroatoms. The van der Waals surface area contributed by atoms with E-state index in [1.54, 1.807) is 32.0 Å². The second kappa shape index (κ2) is 5.92. The van der Waals surface area contributed by atoms with E-state index < -0.39 is 10.0 Å². The Balaban J connectivity index is 2.21. The first kappa shape index (κ1) is 15.6. The fourth-order valence-electron chi connectivity index (χ4n) is 1.85. The maximum absolute atomic E-state index is 12.3. The van der Waals surface area contributed by atoms with Crippen LogP contribution in [0.5, 0.6) is 0 Å². The molecule has 0 saturated heterocycles. The number of thiocarbonyl (C=S) groups is 1. The number of nitrogens with two attached hydrogens (primary N) is 1. The highest BCUT2D eigenvalue weighted by Gasteiger charge is 2.17. The van der Waals surface area contributed by atoms with Gasteiger partial charge in [0.25, 0.3) is 0 Å². The Morgan fingerprint density at radius 2 is 2.10 bits per heavy atom. The molecule has 112 valence electrons. The minimum Gasteiger partial charge on any atom is -0.389 e. The first-order valence-corrected chi connectivity index (χ1v) is 8.01. The van der Waals surface area contributed by atoms with Crippen LogP contribution in [0.2, 0.25) is 0 Å². The van der Waals surface area contributed by atoms with Crippen LogP contribution >= 0.6 is 12.2 Å². The van der Waals surface area contributed by atoms with Gasteiger partial charge in [0.2, 0.25) is 10.0 Å². The minimum absolute atomic E-state index is 0.0656. The van der Waals surface area contributed by atoms with Crippen molar-refractivity contribution in [3.05, 3.63) is 46.8 Å². The van der Waals surface area contributed by atoms with Crippen LogP contribution in [0.15, 0.2) is 33.7 Å². The number of benzene rings is 1. The van der Waals surface area contributed by atoms with Gasteiger partial charge in [-0.15, -0.1) is 0 Å². The van der Waals surface area contributed by atoms with Gasteiger partial charge in [-0.25, -0.2) is 13.1 Å². The average molecular weight is 325 g/mol. The zero-order chi connectivity index (χ0) is 15.6. The number of aromatic nitrogens is 1. The molecule has 1 heterocycles. The Morgan fingerprint density at radius 3 is 2.62 bits per heavy atom. The third-order valence-electron chi connectivity index (χ3n) is 2.87. The maximum atomic E-state index is 12.3. The number of sulfonamides is 1. The fourth-order valence-corrected chi connectivity index (χ4v) is 3.20. The first-order chi connectivity index (χ1) is 9.79. The summed E-state index contributed by atoms with van der Waals surface area (Å²) in [6.07, 6.45) is 0. The van der Waals surface area contributed by atoms with E-state index in [-0.39, 0.29) is 16.4 Å². The molecule has 0 aliphatic carbocycles. The fraction of sp³-hybridized carbons (Fsp3) is 0.231. The smallest absolute Gasteiger partial charge is 0.241 e. The quantitative estimate of drug-likeness (QED) is 0.807. The molecule has 0 unspecified atom stereocenters. The highest BCUT2D eigenvalue weighted by atomic mass is 32.2. The summed E-state index contributed by atoms with van der Waals surface area (Å²) in [5.74, 6) is 0.626. The van der Waals surface area contributed by atoms with Gasteiger partial charge in [0.15, 0.2) is 0 Å². The lowest BCUT2D eigenvalue weighted by Gasteiger charge is -2.09. The Labute approximate surface area is 128 Å². The van der Waals surface area contributed by atoms with Crippen molar-refractivity contribution in [3.8, 4) is 0 Å². The van der Waals surface area contributed by atoms with Crippen LogP contribution in [-0.4, -0.2) is 18.6 Å². The van der Waals surface area contributed by atoms with Crippen molar-refractivity contribution in [1.29, 1.82) is 0 Å². The number of hydrogen-bond donors (Lipinski definition) is 2. The molecule has 21 heavy (non-hydrogen) atoms. The summed E-state index contributed by atoms with van der Waals surface area (Å²) in [5, 5.41) is 3.74. The molecule has 0 fully saturated rings. The lowest BCUT2D eigenvalue weighted by atomic mass is 10.1. The largest absolute Gasteiger partial charge is 0.389 e. The molecule has 0 bridgehead atoms. The third kappa shape index (κ3) is 3.66. The Kier molecular flexibility index (Phi) is 4.40. The van der Waals surface area contributed by atoms with Gasteiger partial charge in [-0.3, -0.25) is 0 Å². The summed E-state index contributed by atoms with van der Waals surface area (Å²) in [7, 11) is -3.64. The normalized spacial score (nSPS) is 11.5. The second-order valence-electron chi connectivity index (χ2n) is 4.60. The van der Waals surface area contributed by atoms with Crippen molar-refractivity contribution in [2.45, 2.75) is 25.3 Å².